The molecule has 0 unspecified atom stereocenters. The minimum atomic E-state index is -3.66. The van der Waals surface area contributed by atoms with E-state index >= 15 is 0 Å². The summed E-state index contributed by atoms with van der Waals surface area (Å²) in [6, 6.07) is 11.4. The van der Waals surface area contributed by atoms with Gasteiger partial charge < -0.3 is 10.1 Å². The molecule has 6 nitrogen and oxygen atoms in total. The number of nitrogens with one attached hydrogen (secondary N) is 1. The van der Waals surface area contributed by atoms with Crippen LogP contribution in [0.4, 0.5) is 11.4 Å². The second-order valence-corrected chi connectivity index (χ2v) is 8.39. The average molecular weight is 391 g/mol. The molecule has 2 aromatic carbocycles. The Morgan fingerprint density at radius 3 is 2.15 bits per heavy atom. The van der Waals surface area contributed by atoms with Crippen molar-refractivity contribution in [1.82, 2.24) is 0 Å². The monoisotopic (exact) mass is 390 g/mol. The van der Waals surface area contributed by atoms with Gasteiger partial charge in [0.1, 0.15) is 11.8 Å². The molecule has 0 radical (unpaired) electrons. The standard InChI is InChI=1S/C20H26N2O4S/c1-6-26-19-9-7-18(8-10-19)22(27(5,24)25)16(4)20(23)21-17-12-14(2)11-15(3)13-17/h7-13,16H,6H2,1-5H3,(H,21,23)/t16-/m0/s1. The fraction of sp³-hybridized carbons (Fsp3) is 0.350. The van der Waals surface area contributed by atoms with Gasteiger partial charge in [0.2, 0.25) is 15.9 Å². The molecule has 0 aliphatic rings. The first-order valence-electron chi connectivity index (χ1n) is 8.73. The summed E-state index contributed by atoms with van der Waals surface area (Å²) in [4.78, 5) is 12.7. The summed E-state index contributed by atoms with van der Waals surface area (Å²) in [5, 5.41) is 2.81. The summed E-state index contributed by atoms with van der Waals surface area (Å²) in [5.74, 6) is 0.237. The van der Waals surface area contributed by atoms with Crippen molar-refractivity contribution < 1.29 is 17.9 Å². The number of nitrogens with zero attached hydrogens (tertiary/aromatic N) is 1. The lowest BCUT2D eigenvalue weighted by Crippen LogP contribution is -2.45. The summed E-state index contributed by atoms with van der Waals surface area (Å²) in [7, 11) is -3.66. The molecule has 0 aliphatic heterocycles. The molecule has 0 heterocycles. The zero-order chi connectivity index (χ0) is 20.2. The van der Waals surface area contributed by atoms with E-state index in [1.54, 1.807) is 31.2 Å². The number of amides is 1. The van der Waals surface area contributed by atoms with Crippen LogP contribution in [0.2, 0.25) is 0 Å². The molecule has 0 saturated carbocycles. The van der Waals surface area contributed by atoms with Crippen LogP contribution in [0.15, 0.2) is 42.5 Å². The van der Waals surface area contributed by atoms with E-state index in [0.29, 0.717) is 23.7 Å². The maximum Gasteiger partial charge on any atom is 0.247 e. The van der Waals surface area contributed by atoms with E-state index < -0.39 is 22.0 Å². The van der Waals surface area contributed by atoms with E-state index in [-0.39, 0.29) is 0 Å². The van der Waals surface area contributed by atoms with Gasteiger partial charge in [-0.3, -0.25) is 9.10 Å². The maximum absolute atomic E-state index is 12.7. The van der Waals surface area contributed by atoms with Gasteiger partial charge >= 0.3 is 0 Å². The van der Waals surface area contributed by atoms with Crippen molar-refractivity contribution in [2.24, 2.45) is 0 Å². The van der Waals surface area contributed by atoms with Crippen LogP contribution in [0.1, 0.15) is 25.0 Å². The number of anilines is 2. The molecule has 1 amide bonds. The third-order valence-corrected chi connectivity index (χ3v) is 5.22. The normalized spacial score (nSPS) is 12.3. The second kappa shape index (κ2) is 8.43. The van der Waals surface area contributed by atoms with Crippen LogP contribution in [-0.4, -0.2) is 33.2 Å². The highest BCUT2D eigenvalue weighted by atomic mass is 32.2. The highest BCUT2D eigenvalue weighted by Crippen LogP contribution is 2.25. The Morgan fingerprint density at radius 2 is 1.67 bits per heavy atom. The van der Waals surface area contributed by atoms with Crippen molar-refractivity contribution in [3.8, 4) is 5.75 Å². The number of ether oxygens (including phenoxy) is 1. The second-order valence-electron chi connectivity index (χ2n) is 6.53. The minimum absolute atomic E-state index is 0.403. The number of hydrogen-bond donors (Lipinski definition) is 1. The molecule has 2 rings (SSSR count). The predicted octanol–water partition coefficient (Wildman–Crippen LogP) is 3.50. The lowest BCUT2D eigenvalue weighted by molar-refractivity contribution is -0.116. The topological polar surface area (TPSA) is 75.7 Å². The number of carbonyl (C=O) groups excluding carboxylic acids is 1. The number of sulfonamides is 1. The smallest absolute Gasteiger partial charge is 0.247 e. The first kappa shape index (κ1) is 20.8. The molecule has 7 heteroatoms. The van der Waals surface area contributed by atoms with Crippen LogP contribution in [0.25, 0.3) is 0 Å². The van der Waals surface area contributed by atoms with Gasteiger partial charge in [0.15, 0.2) is 0 Å². The zero-order valence-corrected chi connectivity index (χ0v) is 17.1. The zero-order valence-electron chi connectivity index (χ0n) is 16.3. The van der Waals surface area contributed by atoms with Crippen molar-refractivity contribution in [1.29, 1.82) is 0 Å². The first-order chi connectivity index (χ1) is 12.6. The maximum atomic E-state index is 12.7. The van der Waals surface area contributed by atoms with Crippen LogP contribution >= 0.6 is 0 Å². The molecule has 1 atom stereocenters. The third-order valence-electron chi connectivity index (χ3n) is 3.98. The third kappa shape index (κ3) is 5.47. The van der Waals surface area contributed by atoms with Crippen LogP contribution in [-0.2, 0) is 14.8 Å². The Kier molecular flexibility index (Phi) is 6.49. The molecule has 0 bridgehead atoms. The van der Waals surface area contributed by atoms with Crippen molar-refractivity contribution in [2.45, 2.75) is 33.7 Å². The molecular formula is C20H26N2O4S. The van der Waals surface area contributed by atoms with Crippen LogP contribution < -0.4 is 14.4 Å². The van der Waals surface area contributed by atoms with E-state index in [9.17, 15) is 13.2 Å². The van der Waals surface area contributed by atoms with Crippen molar-refractivity contribution in [3.05, 3.63) is 53.6 Å². The summed E-state index contributed by atoms with van der Waals surface area (Å²) in [5.41, 5.74) is 3.09. The largest absolute Gasteiger partial charge is 0.494 e. The van der Waals surface area contributed by atoms with E-state index in [2.05, 4.69) is 5.32 Å². The fourth-order valence-electron chi connectivity index (χ4n) is 2.96. The van der Waals surface area contributed by atoms with Gasteiger partial charge in [-0.1, -0.05) is 6.07 Å². The fourth-order valence-corrected chi connectivity index (χ4v) is 4.13. The van der Waals surface area contributed by atoms with E-state index in [0.717, 1.165) is 21.7 Å². The van der Waals surface area contributed by atoms with Crippen molar-refractivity contribution >= 4 is 27.3 Å². The Labute approximate surface area is 161 Å². The molecule has 0 fully saturated rings. The van der Waals surface area contributed by atoms with E-state index in [1.165, 1.54) is 0 Å². The summed E-state index contributed by atoms with van der Waals surface area (Å²) in [6.45, 7) is 7.83. The van der Waals surface area contributed by atoms with Crippen LogP contribution in [0.3, 0.4) is 0 Å². The summed E-state index contributed by atoms with van der Waals surface area (Å²) < 4.78 is 31.2. The van der Waals surface area contributed by atoms with Crippen molar-refractivity contribution in [3.63, 3.8) is 0 Å². The molecule has 0 spiro atoms. The quantitative estimate of drug-likeness (QED) is 0.785. The van der Waals surface area contributed by atoms with Gasteiger partial charge in [-0.05, 0) is 75.2 Å². The molecule has 2 aromatic rings. The predicted molar refractivity (Wildman–Crippen MR) is 109 cm³/mol. The Balaban J connectivity index is 2.28. The lowest BCUT2D eigenvalue weighted by Gasteiger charge is -2.28. The van der Waals surface area contributed by atoms with Gasteiger partial charge in [-0.25, -0.2) is 8.42 Å². The van der Waals surface area contributed by atoms with E-state index in [4.69, 9.17) is 4.74 Å². The molecule has 146 valence electrons. The molecular weight excluding hydrogens is 364 g/mol. The number of carbonyl (C=O) groups is 1. The average Bonchev–Trinajstić information content (AvgIpc) is 2.54. The van der Waals surface area contributed by atoms with E-state index in [1.807, 2.05) is 39.0 Å². The Bertz CT molecular complexity index is 888. The van der Waals surface area contributed by atoms with Gasteiger partial charge in [0.05, 0.1) is 18.6 Å². The number of benzene rings is 2. The Hall–Kier alpha value is -2.54. The Morgan fingerprint density at radius 1 is 1.11 bits per heavy atom. The van der Waals surface area contributed by atoms with Gasteiger partial charge in [-0.2, -0.15) is 0 Å². The highest BCUT2D eigenvalue weighted by Gasteiger charge is 2.29. The van der Waals surface area contributed by atoms with Crippen molar-refractivity contribution in [2.75, 3.05) is 22.5 Å². The van der Waals surface area contributed by atoms with Gasteiger partial charge in [0, 0.05) is 5.69 Å². The van der Waals surface area contributed by atoms with Crippen LogP contribution in [0.5, 0.6) is 5.75 Å². The SMILES string of the molecule is CCOc1ccc(N([C@@H](C)C(=O)Nc2cc(C)cc(C)c2)S(C)(=O)=O)cc1. The molecule has 0 aliphatic carbocycles. The molecule has 0 saturated heterocycles. The number of aryl methyl sites for hydroxylation is 2. The van der Waals surface area contributed by atoms with Crippen LogP contribution in [0, 0.1) is 13.8 Å². The first-order valence-corrected chi connectivity index (χ1v) is 10.6. The van der Waals surface area contributed by atoms with Gasteiger partial charge in [-0.15, -0.1) is 0 Å². The lowest BCUT2D eigenvalue weighted by atomic mass is 10.1. The highest BCUT2D eigenvalue weighted by molar-refractivity contribution is 7.92. The molecule has 1 N–H and O–H groups in total. The summed E-state index contributed by atoms with van der Waals surface area (Å²) >= 11 is 0. The summed E-state index contributed by atoms with van der Waals surface area (Å²) in [6.07, 6.45) is 1.09. The number of rotatable bonds is 7. The number of hydrogen-bond acceptors (Lipinski definition) is 4. The molecule has 27 heavy (non-hydrogen) atoms. The van der Waals surface area contributed by atoms with Gasteiger partial charge in [0.25, 0.3) is 0 Å². The minimum Gasteiger partial charge on any atom is -0.494 e. The molecule has 0 aromatic heterocycles.